The number of amides is 3. The molecule has 10 heteroatoms. The summed E-state index contributed by atoms with van der Waals surface area (Å²) in [5.74, 6) is -2.70. The second-order valence-corrected chi connectivity index (χ2v) is 10.3. The molecule has 4 aromatic rings. The highest BCUT2D eigenvalue weighted by Crippen LogP contribution is 2.45. The molecular weight excluding hydrogens is 530 g/mol. The first-order valence-electron chi connectivity index (χ1n) is 13.3. The molecule has 0 radical (unpaired) electrons. The average molecular weight is 559 g/mol. The lowest BCUT2D eigenvalue weighted by atomic mass is 9.93. The number of pyridine rings is 1. The minimum absolute atomic E-state index is 0.0206. The Bertz CT molecular complexity index is 1620. The molecule has 8 nitrogen and oxygen atoms in total. The van der Waals surface area contributed by atoms with E-state index in [1.54, 1.807) is 6.07 Å². The zero-order valence-corrected chi connectivity index (χ0v) is 22.2. The first-order valence-corrected chi connectivity index (χ1v) is 13.3. The highest BCUT2D eigenvalue weighted by atomic mass is 19.1. The van der Waals surface area contributed by atoms with Crippen LogP contribution in [0.5, 0.6) is 11.6 Å². The van der Waals surface area contributed by atoms with Crippen LogP contribution in [0.1, 0.15) is 35.6 Å². The van der Waals surface area contributed by atoms with Crippen LogP contribution in [0.3, 0.4) is 0 Å². The van der Waals surface area contributed by atoms with Crippen molar-refractivity contribution in [3.8, 4) is 11.6 Å². The van der Waals surface area contributed by atoms with Gasteiger partial charge in [0.05, 0.1) is 18.3 Å². The van der Waals surface area contributed by atoms with Crippen LogP contribution >= 0.6 is 0 Å². The second kappa shape index (κ2) is 10.7. The van der Waals surface area contributed by atoms with Gasteiger partial charge in [0.25, 0.3) is 0 Å². The lowest BCUT2D eigenvalue weighted by Gasteiger charge is -2.23. The Morgan fingerprint density at radius 3 is 2.51 bits per heavy atom. The van der Waals surface area contributed by atoms with Crippen molar-refractivity contribution in [2.75, 3.05) is 13.7 Å². The zero-order chi connectivity index (χ0) is 28.6. The maximum absolute atomic E-state index is 14.8. The van der Waals surface area contributed by atoms with Gasteiger partial charge < -0.3 is 25.4 Å². The SMILES string of the molecule is COc1cc(F)c([C@@H]2CNC(=O)[C@H]2NC(=O)NC2(c3cccc(OCc4ccc5ccccc5c4)n3)CC2)c(F)c1. The summed E-state index contributed by atoms with van der Waals surface area (Å²) in [6.07, 6.45) is 1.28. The van der Waals surface area contributed by atoms with Crippen molar-refractivity contribution in [3.63, 3.8) is 0 Å². The first kappa shape index (κ1) is 26.5. The summed E-state index contributed by atoms with van der Waals surface area (Å²) in [6, 6.07) is 19.9. The molecule has 41 heavy (non-hydrogen) atoms. The number of nitrogens with zero attached hydrogens (tertiary/aromatic N) is 1. The van der Waals surface area contributed by atoms with Crippen LogP contribution in [-0.2, 0) is 16.9 Å². The van der Waals surface area contributed by atoms with Gasteiger partial charge in [-0.3, -0.25) is 4.79 Å². The van der Waals surface area contributed by atoms with Crippen LogP contribution in [0.15, 0.2) is 72.8 Å². The Kier molecular flexibility index (Phi) is 6.90. The quantitative estimate of drug-likeness (QED) is 0.292. The smallest absolute Gasteiger partial charge is 0.316 e. The molecule has 3 aromatic carbocycles. The normalized spacial score (nSPS) is 19.0. The number of benzene rings is 3. The molecular formula is C31H28F2N4O4. The Labute approximate surface area is 235 Å². The molecule has 3 amide bonds. The Balaban J connectivity index is 1.13. The van der Waals surface area contributed by atoms with Crippen molar-refractivity contribution >= 4 is 22.7 Å². The van der Waals surface area contributed by atoms with E-state index in [0.717, 1.165) is 28.5 Å². The van der Waals surface area contributed by atoms with Gasteiger partial charge in [0.2, 0.25) is 11.8 Å². The highest BCUT2D eigenvalue weighted by Gasteiger charge is 2.48. The van der Waals surface area contributed by atoms with E-state index in [-0.39, 0.29) is 17.9 Å². The van der Waals surface area contributed by atoms with Gasteiger partial charge in [-0.1, -0.05) is 42.5 Å². The zero-order valence-electron chi connectivity index (χ0n) is 22.2. The number of methoxy groups -OCH3 is 1. The van der Waals surface area contributed by atoms with Gasteiger partial charge in [0.15, 0.2) is 0 Å². The number of nitrogens with one attached hydrogen (secondary N) is 3. The van der Waals surface area contributed by atoms with E-state index in [1.807, 2.05) is 42.5 Å². The predicted molar refractivity (Wildman–Crippen MR) is 148 cm³/mol. The molecule has 210 valence electrons. The van der Waals surface area contributed by atoms with Crippen molar-refractivity contribution in [1.29, 1.82) is 0 Å². The van der Waals surface area contributed by atoms with Crippen molar-refractivity contribution in [3.05, 3.63) is 101 Å². The molecule has 1 saturated heterocycles. The fourth-order valence-electron chi connectivity index (χ4n) is 5.30. The van der Waals surface area contributed by atoms with E-state index >= 15 is 0 Å². The lowest BCUT2D eigenvalue weighted by molar-refractivity contribution is -0.120. The molecule has 0 bridgehead atoms. The number of hydrogen-bond donors (Lipinski definition) is 3. The third-order valence-electron chi connectivity index (χ3n) is 7.64. The van der Waals surface area contributed by atoms with Crippen LogP contribution in [0.4, 0.5) is 13.6 Å². The molecule has 0 unspecified atom stereocenters. The lowest BCUT2D eigenvalue weighted by Crippen LogP contribution is -2.50. The molecule has 2 atom stereocenters. The fraction of sp³-hybridized carbons (Fsp3) is 0.258. The Morgan fingerprint density at radius 1 is 1.02 bits per heavy atom. The van der Waals surface area contributed by atoms with Crippen molar-refractivity contribution < 1.29 is 27.8 Å². The monoisotopic (exact) mass is 558 g/mol. The number of fused-ring (bicyclic) bond motifs is 1. The summed E-state index contributed by atoms with van der Waals surface area (Å²) in [5.41, 5.74) is 0.619. The number of hydrogen-bond acceptors (Lipinski definition) is 5. The molecule has 6 rings (SSSR count). The van der Waals surface area contributed by atoms with Crippen molar-refractivity contribution in [2.24, 2.45) is 0 Å². The summed E-state index contributed by atoms with van der Waals surface area (Å²) in [6.45, 7) is 0.312. The molecule has 2 fully saturated rings. The highest BCUT2D eigenvalue weighted by molar-refractivity contribution is 5.90. The van der Waals surface area contributed by atoms with E-state index in [2.05, 4.69) is 33.1 Å². The Hall–Kier alpha value is -4.73. The van der Waals surface area contributed by atoms with E-state index in [1.165, 1.54) is 7.11 Å². The number of halogens is 2. The van der Waals surface area contributed by atoms with E-state index < -0.39 is 41.1 Å². The van der Waals surface area contributed by atoms with E-state index in [9.17, 15) is 18.4 Å². The number of aromatic nitrogens is 1. The number of carbonyl (C=O) groups excluding carboxylic acids is 2. The second-order valence-electron chi connectivity index (χ2n) is 10.3. The summed E-state index contributed by atoms with van der Waals surface area (Å²) >= 11 is 0. The number of ether oxygens (including phenoxy) is 2. The standard InChI is InChI=1S/C31H28F2N4O4/c1-40-21-14-23(32)27(24(33)15-21)22-16-34-29(38)28(22)36-30(39)37-31(11-12-31)25-7-4-8-26(35-25)41-17-18-9-10-19-5-2-3-6-20(19)13-18/h2-10,13-15,22,28H,11-12,16-17H2,1H3,(H,34,38)(H2,36,37,39)/t22-,28-/m0/s1. The molecule has 2 heterocycles. The average Bonchev–Trinajstić information content (AvgIpc) is 3.68. The molecule has 1 aliphatic carbocycles. The largest absolute Gasteiger partial charge is 0.497 e. The van der Waals surface area contributed by atoms with Crippen LogP contribution in [0.2, 0.25) is 0 Å². The summed E-state index contributed by atoms with van der Waals surface area (Å²) < 4.78 is 40.4. The van der Waals surface area contributed by atoms with Crippen LogP contribution in [-0.4, -0.2) is 36.6 Å². The van der Waals surface area contributed by atoms with Gasteiger partial charge >= 0.3 is 6.03 Å². The van der Waals surface area contributed by atoms with Crippen LogP contribution in [0, 0.1) is 11.6 Å². The van der Waals surface area contributed by atoms with Crippen molar-refractivity contribution in [1.82, 2.24) is 20.9 Å². The van der Waals surface area contributed by atoms with Crippen molar-refractivity contribution in [2.45, 2.75) is 36.9 Å². The number of rotatable bonds is 8. The van der Waals surface area contributed by atoms with E-state index in [4.69, 9.17) is 9.47 Å². The molecule has 1 saturated carbocycles. The third kappa shape index (κ3) is 5.37. The van der Waals surface area contributed by atoms with Gasteiger partial charge in [-0.05, 0) is 41.3 Å². The minimum Gasteiger partial charge on any atom is -0.497 e. The number of urea groups is 1. The van der Waals surface area contributed by atoms with E-state index in [0.29, 0.717) is 31.0 Å². The maximum Gasteiger partial charge on any atom is 0.316 e. The maximum atomic E-state index is 14.8. The summed E-state index contributed by atoms with van der Waals surface area (Å²) in [5, 5.41) is 10.4. The Morgan fingerprint density at radius 2 is 1.78 bits per heavy atom. The first-order chi connectivity index (χ1) is 19.8. The topological polar surface area (TPSA) is 102 Å². The molecule has 1 aromatic heterocycles. The number of carbonyl (C=O) groups is 2. The molecule has 2 aliphatic rings. The molecule has 1 aliphatic heterocycles. The van der Waals surface area contributed by atoms with Gasteiger partial charge in [-0.25, -0.2) is 18.6 Å². The van der Waals surface area contributed by atoms with Gasteiger partial charge in [0.1, 0.15) is 30.0 Å². The predicted octanol–water partition coefficient (Wildman–Crippen LogP) is 4.67. The summed E-state index contributed by atoms with van der Waals surface area (Å²) in [4.78, 5) is 30.2. The summed E-state index contributed by atoms with van der Waals surface area (Å²) in [7, 11) is 1.30. The van der Waals surface area contributed by atoms with Gasteiger partial charge in [-0.2, -0.15) is 0 Å². The third-order valence-corrected chi connectivity index (χ3v) is 7.64. The fourth-order valence-corrected chi connectivity index (χ4v) is 5.30. The molecule has 0 spiro atoms. The van der Waals surface area contributed by atoms with Crippen LogP contribution < -0.4 is 25.4 Å². The van der Waals surface area contributed by atoms with Crippen LogP contribution in [0.25, 0.3) is 10.8 Å². The van der Waals surface area contributed by atoms with Gasteiger partial charge in [-0.15, -0.1) is 0 Å². The van der Waals surface area contributed by atoms with Gasteiger partial charge in [0, 0.05) is 36.2 Å². The molecule has 3 N–H and O–H groups in total. The minimum atomic E-state index is -1.16.